The number of nitrogens with two attached hydrogens (primary N) is 1. The van der Waals surface area contributed by atoms with Gasteiger partial charge in [0.15, 0.2) is 0 Å². The Morgan fingerprint density at radius 2 is 2.09 bits per heavy atom. The molecule has 12 nitrogen and oxygen atoms in total. The van der Waals surface area contributed by atoms with Gasteiger partial charge in [0.05, 0.1) is 47.9 Å². The molecule has 4 aromatic rings. The number of pyridine rings is 1. The summed E-state index contributed by atoms with van der Waals surface area (Å²) < 4.78 is 13.7. The number of aryl methyl sites for hydroxylation is 1. The molecule has 0 saturated carbocycles. The number of hydrogen-bond donors (Lipinski definition) is 4. The van der Waals surface area contributed by atoms with Crippen molar-refractivity contribution in [3.63, 3.8) is 0 Å². The average molecular weight is 588 g/mol. The summed E-state index contributed by atoms with van der Waals surface area (Å²) in [7, 11) is 2.12. The number of aromatic nitrogens is 3. The summed E-state index contributed by atoms with van der Waals surface area (Å²) in [6.07, 6.45) is 8.94. The van der Waals surface area contributed by atoms with E-state index >= 15 is 0 Å². The van der Waals surface area contributed by atoms with E-state index in [1.807, 2.05) is 29.9 Å². The number of amidine groups is 1. The molecule has 0 amide bonds. The van der Waals surface area contributed by atoms with Crippen LogP contribution in [0.5, 0.6) is 11.5 Å². The van der Waals surface area contributed by atoms with E-state index in [1.165, 1.54) is 0 Å². The first-order valence-corrected chi connectivity index (χ1v) is 14.3. The Balaban J connectivity index is 0.00000118. The minimum atomic E-state index is -0.250. The van der Waals surface area contributed by atoms with Crippen molar-refractivity contribution in [3.8, 4) is 22.6 Å². The highest BCUT2D eigenvalue weighted by molar-refractivity contribution is 6.06. The summed E-state index contributed by atoms with van der Waals surface area (Å²) in [6, 6.07) is 9.28. The third-order valence-electron chi connectivity index (χ3n) is 7.58. The molecule has 226 valence electrons. The summed E-state index contributed by atoms with van der Waals surface area (Å²) in [5.74, 6) is 1.90. The van der Waals surface area contributed by atoms with E-state index in [2.05, 4.69) is 28.3 Å². The molecule has 0 radical (unpaired) electrons. The molecular formula is C31H37N7O5. The lowest BCUT2D eigenvalue weighted by molar-refractivity contribution is -0.122. The number of rotatable bonds is 9. The minimum absolute atomic E-state index is 0.147. The van der Waals surface area contributed by atoms with Crippen molar-refractivity contribution in [2.75, 3.05) is 45.3 Å². The van der Waals surface area contributed by atoms with E-state index in [-0.39, 0.29) is 18.3 Å². The molecule has 2 fully saturated rings. The topological polar surface area (TPSA) is 160 Å². The van der Waals surface area contributed by atoms with Gasteiger partial charge >= 0.3 is 0 Å². The van der Waals surface area contributed by atoms with E-state index in [0.717, 1.165) is 65.3 Å². The van der Waals surface area contributed by atoms with Crippen LogP contribution >= 0.6 is 0 Å². The fourth-order valence-electron chi connectivity index (χ4n) is 5.42. The van der Waals surface area contributed by atoms with Gasteiger partial charge in [0.2, 0.25) is 0 Å². The Kier molecular flexibility index (Phi) is 9.38. The van der Waals surface area contributed by atoms with Crippen LogP contribution in [0.3, 0.4) is 0 Å². The number of phenolic OH excluding ortho intramolecular Hbond substituents is 1. The predicted molar refractivity (Wildman–Crippen MR) is 164 cm³/mol. The molecule has 0 spiro atoms. The molecule has 2 aliphatic rings. The van der Waals surface area contributed by atoms with Crippen LogP contribution in [0.1, 0.15) is 24.5 Å². The molecule has 12 heteroatoms. The molecule has 1 aromatic carbocycles. The Hall–Kier alpha value is -4.68. The smallest absolute Gasteiger partial charge is 0.290 e. The van der Waals surface area contributed by atoms with Crippen molar-refractivity contribution in [2.24, 2.45) is 16.6 Å². The fraction of sp³-hybridized carbons (Fsp3) is 0.355. The van der Waals surface area contributed by atoms with Crippen molar-refractivity contribution in [2.45, 2.75) is 25.8 Å². The first kappa shape index (κ1) is 29.8. The van der Waals surface area contributed by atoms with Gasteiger partial charge in [0, 0.05) is 55.3 Å². The van der Waals surface area contributed by atoms with E-state index in [1.54, 1.807) is 30.6 Å². The molecule has 0 aliphatic carbocycles. The maximum absolute atomic E-state index is 9.91. The maximum Gasteiger partial charge on any atom is 0.290 e. The van der Waals surface area contributed by atoms with E-state index in [9.17, 15) is 5.11 Å². The van der Waals surface area contributed by atoms with Gasteiger partial charge in [0.1, 0.15) is 17.3 Å². The molecule has 3 aromatic heterocycles. The van der Waals surface area contributed by atoms with Gasteiger partial charge in [-0.15, -0.1) is 0 Å². The van der Waals surface area contributed by atoms with Crippen LogP contribution in [0.15, 0.2) is 60.1 Å². The zero-order valence-corrected chi connectivity index (χ0v) is 24.3. The van der Waals surface area contributed by atoms with Crippen LogP contribution < -0.4 is 15.8 Å². The summed E-state index contributed by atoms with van der Waals surface area (Å²) >= 11 is 0. The van der Waals surface area contributed by atoms with Gasteiger partial charge in [0.25, 0.3) is 6.47 Å². The Morgan fingerprint density at radius 3 is 2.81 bits per heavy atom. The number of carboxylic acid groups (broad SMARTS) is 1. The molecule has 0 unspecified atom stereocenters. The standard InChI is InChI=1S/C30H35N7O3.CH2O2/c1-3-20-10-23(38)4-5-26(20)35-30(31)25-13-33-37-16-21(11-27(37)29(25)34-22-7-9-39-18-22)24-12-32-8-6-28(24)40-17-19-14-36(2)15-19;2-1-3/h4-6,8,10-13,16,19,22,34,38H,3,7,9,14-15,17-18H2,1-2H3,(H2,31,35);1H,(H,2,3)/t22-;/m1./s1. The van der Waals surface area contributed by atoms with Gasteiger partial charge in [-0.25, -0.2) is 9.51 Å². The van der Waals surface area contributed by atoms with Crippen molar-refractivity contribution < 1.29 is 24.5 Å². The number of aromatic hydroxyl groups is 1. The average Bonchev–Trinajstić information content (AvgIpc) is 3.67. The maximum atomic E-state index is 9.91. The number of ether oxygens (including phenoxy) is 2. The number of benzene rings is 1. The summed E-state index contributed by atoms with van der Waals surface area (Å²) in [5, 5.41) is 25.2. The monoisotopic (exact) mass is 587 g/mol. The van der Waals surface area contributed by atoms with Crippen LogP contribution in [0, 0.1) is 5.92 Å². The highest BCUT2D eigenvalue weighted by atomic mass is 16.5. The fourth-order valence-corrected chi connectivity index (χ4v) is 5.42. The van der Waals surface area contributed by atoms with Crippen LogP contribution in [-0.4, -0.2) is 88.0 Å². The van der Waals surface area contributed by atoms with Gasteiger partial charge < -0.3 is 35.6 Å². The Morgan fingerprint density at radius 1 is 1.28 bits per heavy atom. The van der Waals surface area contributed by atoms with E-state index in [4.69, 9.17) is 35.2 Å². The molecule has 2 saturated heterocycles. The molecule has 5 N–H and O–H groups in total. The number of phenols is 1. The van der Waals surface area contributed by atoms with Crippen molar-refractivity contribution in [1.82, 2.24) is 19.5 Å². The second kappa shape index (κ2) is 13.5. The normalized spacial score (nSPS) is 17.3. The molecular weight excluding hydrogens is 550 g/mol. The van der Waals surface area contributed by atoms with Crippen LogP contribution in [-0.2, 0) is 16.0 Å². The number of aliphatic imine (C=N–C) groups is 1. The van der Waals surface area contributed by atoms with Gasteiger partial charge in [-0.1, -0.05) is 6.92 Å². The van der Waals surface area contributed by atoms with Crippen molar-refractivity contribution >= 4 is 29.2 Å². The molecule has 5 heterocycles. The molecule has 1 atom stereocenters. The summed E-state index contributed by atoms with van der Waals surface area (Å²) in [4.78, 5) is 19.8. The summed E-state index contributed by atoms with van der Waals surface area (Å²) in [6.45, 7) is 5.88. The lowest BCUT2D eigenvalue weighted by Gasteiger charge is -2.35. The second-order valence-electron chi connectivity index (χ2n) is 10.7. The molecule has 0 bridgehead atoms. The van der Waals surface area contributed by atoms with Gasteiger partial charge in [-0.05, 0) is 55.8 Å². The quantitative estimate of drug-likeness (QED) is 0.130. The van der Waals surface area contributed by atoms with Gasteiger partial charge in [-0.2, -0.15) is 5.10 Å². The number of anilines is 1. The van der Waals surface area contributed by atoms with Crippen molar-refractivity contribution in [1.29, 1.82) is 0 Å². The molecule has 6 rings (SSSR count). The molecule has 43 heavy (non-hydrogen) atoms. The Bertz CT molecular complexity index is 1590. The largest absolute Gasteiger partial charge is 0.508 e. The highest BCUT2D eigenvalue weighted by Gasteiger charge is 2.25. The van der Waals surface area contributed by atoms with Gasteiger partial charge in [-0.3, -0.25) is 9.78 Å². The first-order valence-electron chi connectivity index (χ1n) is 14.3. The summed E-state index contributed by atoms with van der Waals surface area (Å²) in [5.41, 5.74) is 12.5. The number of likely N-dealkylation sites (tertiary alicyclic amines) is 1. The number of carbonyl (C=O) groups is 1. The highest BCUT2D eigenvalue weighted by Crippen LogP contribution is 2.35. The first-order chi connectivity index (χ1) is 20.9. The van der Waals surface area contributed by atoms with E-state index in [0.29, 0.717) is 37.1 Å². The number of hydrogen-bond acceptors (Lipinski definition) is 9. The lowest BCUT2D eigenvalue weighted by atomic mass is 10.0. The minimum Gasteiger partial charge on any atom is -0.508 e. The second-order valence-corrected chi connectivity index (χ2v) is 10.7. The Labute approximate surface area is 249 Å². The predicted octanol–water partition coefficient (Wildman–Crippen LogP) is 3.54. The van der Waals surface area contributed by atoms with Crippen LogP contribution in [0.4, 0.5) is 11.4 Å². The number of nitrogens with one attached hydrogen (secondary N) is 1. The zero-order chi connectivity index (χ0) is 30.3. The number of nitrogens with zero attached hydrogens (tertiary/aromatic N) is 5. The van der Waals surface area contributed by atoms with Crippen molar-refractivity contribution in [3.05, 3.63) is 66.2 Å². The SMILES string of the molecule is CCc1cc(O)ccc1N=C(N)c1cnn2cc(-c3cnccc3OCC3CN(C)C3)cc2c1N[C@@H]1CCOC1.O=CO. The lowest BCUT2D eigenvalue weighted by Crippen LogP contribution is -2.46. The van der Waals surface area contributed by atoms with Crippen LogP contribution in [0.2, 0.25) is 0 Å². The third-order valence-corrected chi connectivity index (χ3v) is 7.58. The van der Waals surface area contributed by atoms with E-state index < -0.39 is 0 Å². The third kappa shape index (κ3) is 6.87. The number of fused-ring (bicyclic) bond motifs is 1. The molecule has 2 aliphatic heterocycles. The zero-order valence-electron chi connectivity index (χ0n) is 24.3. The van der Waals surface area contributed by atoms with Crippen LogP contribution in [0.25, 0.3) is 16.6 Å².